The average molecular weight is 324 g/mol. The number of aromatic nitrogens is 3. The van der Waals surface area contributed by atoms with Crippen LogP contribution in [0.25, 0.3) is 11.0 Å². The molecule has 3 rings (SSSR count). The number of nitrogens with zero attached hydrogens (tertiary/aromatic N) is 3. The fourth-order valence-corrected chi connectivity index (χ4v) is 2.64. The van der Waals surface area contributed by atoms with Gasteiger partial charge in [-0.25, -0.2) is 4.98 Å². The SMILES string of the molecule is COc1cnc(C)cc1C(=O)NCc1ccc2c(c1)nc(C)n2C. The zero-order valence-electron chi connectivity index (χ0n) is 14.3. The second-order valence-corrected chi connectivity index (χ2v) is 5.75. The van der Waals surface area contributed by atoms with E-state index in [-0.39, 0.29) is 5.91 Å². The van der Waals surface area contributed by atoms with E-state index in [0.29, 0.717) is 17.9 Å². The Bertz CT molecular complexity index is 915. The van der Waals surface area contributed by atoms with E-state index in [0.717, 1.165) is 28.1 Å². The highest BCUT2D eigenvalue weighted by Gasteiger charge is 2.13. The van der Waals surface area contributed by atoms with E-state index in [4.69, 9.17) is 4.74 Å². The molecule has 0 saturated carbocycles. The molecule has 1 N–H and O–H groups in total. The maximum atomic E-state index is 12.4. The molecule has 6 nitrogen and oxygen atoms in total. The molecule has 3 aromatic rings. The first-order valence-electron chi connectivity index (χ1n) is 7.70. The number of ether oxygens (including phenoxy) is 1. The van der Waals surface area contributed by atoms with Crippen molar-refractivity contribution >= 4 is 16.9 Å². The van der Waals surface area contributed by atoms with Gasteiger partial charge in [0.15, 0.2) is 0 Å². The van der Waals surface area contributed by atoms with Crippen molar-refractivity contribution in [3.05, 3.63) is 53.1 Å². The standard InChI is InChI=1S/C18H20N4O2/c1-11-7-14(17(24-4)10-19-11)18(23)20-9-13-5-6-16-15(8-13)21-12(2)22(16)3/h5-8,10H,9H2,1-4H3,(H,20,23). The lowest BCUT2D eigenvalue weighted by atomic mass is 10.1. The maximum absolute atomic E-state index is 12.4. The van der Waals surface area contributed by atoms with Gasteiger partial charge in [-0.3, -0.25) is 9.78 Å². The molecule has 0 aliphatic rings. The third kappa shape index (κ3) is 2.95. The number of hydrogen-bond acceptors (Lipinski definition) is 4. The topological polar surface area (TPSA) is 69.0 Å². The van der Waals surface area contributed by atoms with Crippen LogP contribution in [0.3, 0.4) is 0 Å². The minimum atomic E-state index is -0.186. The third-order valence-corrected chi connectivity index (χ3v) is 4.09. The van der Waals surface area contributed by atoms with E-state index in [2.05, 4.69) is 15.3 Å². The van der Waals surface area contributed by atoms with Crippen molar-refractivity contribution in [1.29, 1.82) is 0 Å². The molecule has 1 aromatic carbocycles. The number of fused-ring (bicyclic) bond motifs is 1. The Morgan fingerprint density at radius 2 is 2.08 bits per heavy atom. The van der Waals surface area contributed by atoms with Crippen LogP contribution < -0.4 is 10.1 Å². The van der Waals surface area contributed by atoms with Crippen molar-refractivity contribution < 1.29 is 9.53 Å². The first kappa shape index (κ1) is 16.0. The molecule has 0 radical (unpaired) electrons. The Morgan fingerprint density at radius 3 is 2.83 bits per heavy atom. The summed E-state index contributed by atoms with van der Waals surface area (Å²) in [5, 5.41) is 2.92. The van der Waals surface area contributed by atoms with Crippen LogP contribution in [0, 0.1) is 13.8 Å². The highest BCUT2D eigenvalue weighted by Crippen LogP contribution is 2.19. The predicted molar refractivity (Wildman–Crippen MR) is 92.1 cm³/mol. The Labute approximate surface area is 140 Å². The van der Waals surface area contributed by atoms with Crippen molar-refractivity contribution in [2.45, 2.75) is 20.4 Å². The molecular formula is C18H20N4O2. The summed E-state index contributed by atoms with van der Waals surface area (Å²) in [6.45, 7) is 4.24. The number of methoxy groups -OCH3 is 1. The molecule has 0 saturated heterocycles. The van der Waals surface area contributed by atoms with Gasteiger partial charge < -0.3 is 14.6 Å². The number of benzene rings is 1. The fraction of sp³-hybridized carbons (Fsp3) is 0.278. The summed E-state index contributed by atoms with van der Waals surface area (Å²) in [5.74, 6) is 1.24. The molecule has 0 atom stereocenters. The highest BCUT2D eigenvalue weighted by molar-refractivity contribution is 5.96. The van der Waals surface area contributed by atoms with E-state index < -0.39 is 0 Å². The number of pyridine rings is 1. The monoisotopic (exact) mass is 324 g/mol. The Hall–Kier alpha value is -2.89. The number of nitrogens with one attached hydrogen (secondary N) is 1. The maximum Gasteiger partial charge on any atom is 0.255 e. The first-order chi connectivity index (χ1) is 11.5. The van der Waals surface area contributed by atoms with Gasteiger partial charge in [-0.2, -0.15) is 0 Å². The van der Waals surface area contributed by atoms with Gasteiger partial charge in [-0.1, -0.05) is 6.07 Å². The van der Waals surface area contributed by atoms with Crippen LogP contribution in [0.5, 0.6) is 5.75 Å². The van der Waals surface area contributed by atoms with Crippen LogP contribution in [-0.4, -0.2) is 27.6 Å². The minimum Gasteiger partial charge on any atom is -0.494 e. The van der Waals surface area contributed by atoms with Gasteiger partial charge in [0.2, 0.25) is 0 Å². The summed E-state index contributed by atoms with van der Waals surface area (Å²) in [6.07, 6.45) is 1.56. The van der Waals surface area contributed by atoms with Gasteiger partial charge in [-0.15, -0.1) is 0 Å². The van der Waals surface area contributed by atoms with Crippen molar-refractivity contribution in [1.82, 2.24) is 19.9 Å². The number of aryl methyl sites for hydroxylation is 3. The summed E-state index contributed by atoms with van der Waals surface area (Å²) in [7, 11) is 3.52. The van der Waals surface area contributed by atoms with Crippen molar-refractivity contribution in [3.63, 3.8) is 0 Å². The number of rotatable bonds is 4. The van der Waals surface area contributed by atoms with E-state index in [1.807, 2.05) is 43.7 Å². The van der Waals surface area contributed by atoms with Gasteiger partial charge >= 0.3 is 0 Å². The summed E-state index contributed by atoms with van der Waals surface area (Å²) in [5.41, 5.74) is 4.26. The number of hydrogen-bond donors (Lipinski definition) is 1. The Kier molecular flexibility index (Phi) is 4.20. The van der Waals surface area contributed by atoms with E-state index >= 15 is 0 Å². The smallest absolute Gasteiger partial charge is 0.255 e. The van der Waals surface area contributed by atoms with Gasteiger partial charge in [0.05, 0.1) is 29.9 Å². The van der Waals surface area contributed by atoms with Crippen LogP contribution in [-0.2, 0) is 13.6 Å². The minimum absolute atomic E-state index is 0.186. The van der Waals surface area contributed by atoms with Crippen molar-refractivity contribution in [3.8, 4) is 5.75 Å². The van der Waals surface area contributed by atoms with Gasteiger partial charge in [-0.05, 0) is 37.6 Å². The zero-order chi connectivity index (χ0) is 17.3. The van der Waals surface area contributed by atoms with Crippen LogP contribution in [0.4, 0.5) is 0 Å². The van der Waals surface area contributed by atoms with Crippen molar-refractivity contribution in [2.75, 3.05) is 7.11 Å². The molecule has 2 aromatic heterocycles. The van der Waals surface area contributed by atoms with E-state index in [1.165, 1.54) is 7.11 Å². The lowest BCUT2D eigenvalue weighted by molar-refractivity contribution is 0.0947. The lowest BCUT2D eigenvalue weighted by Crippen LogP contribution is -2.23. The van der Waals surface area contributed by atoms with Crippen LogP contribution in [0.2, 0.25) is 0 Å². The summed E-state index contributed by atoms with van der Waals surface area (Å²) < 4.78 is 7.25. The summed E-state index contributed by atoms with van der Waals surface area (Å²) in [4.78, 5) is 21.1. The molecule has 0 fully saturated rings. The normalized spacial score (nSPS) is 10.8. The van der Waals surface area contributed by atoms with Gasteiger partial charge in [0.1, 0.15) is 11.6 Å². The molecule has 124 valence electrons. The van der Waals surface area contributed by atoms with E-state index in [9.17, 15) is 4.79 Å². The highest BCUT2D eigenvalue weighted by atomic mass is 16.5. The summed E-state index contributed by atoms with van der Waals surface area (Å²) in [6, 6.07) is 7.74. The van der Waals surface area contributed by atoms with Crippen LogP contribution >= 0.6 is 0 Å². The second kappa shape index (κ2) is 6.31. The lowest BCUT2D eigenvalue weighted by Gasteiger charge is -2.10. The van der Waals surface area contributed by atoms with E-state index in [1.54, 1.807) is 12.3 Å². The molecule has 0 aliphatic carbocycles. The molecule has 0 aliphatic heterocycles. The molecule has 1 amide bonds. The number of carbonyl (C=O) groups is 1. The number of imidazole rings is 1. The largest absolute Gasteiger partial charge is 0.494 e. The molecule has 0 bridgehead atoms. The summed E-state index contributed by atoms with van der Waals surface area (Å²) >= 11 is 0. The quantitative estimate of drug-likeness (QED) is 0.801. The van der Waals surface area contributed by atoms with Crippen LogP contribution in [0.1, 0.15) is 27.4 Å². The second-order valence-electron chi connectivity index (χ2n) is 5.75. The Balaban J connectivity index is 1.78. The molecule has 0 unspecified atom stereocenters. The number of amides is 1. The molecule has 0 spiro atoms. The first-order valence-corrected chi connectivity index (χ1v) is 7.70. The molecule has 24 heavy (non-hydrogen) atoms. The predicted octanol–water partition coefficient (Wildman–Crippen LogP) is 2.52. The molecule has 2 heterocycles. The third-order valence-electron chi connectivity index (χ3n) is 4.09. The van der Waals surface area contributed by atoms with Gasteiger partial charge in [0, 0.05) is 19.3 Å². The fourth-order valence-electron chi connectivity index (χ4n) is 2.64. The van der Waals surface area contributed by atoms with Gasteiger partial charge in [0.25, 0.3) is 5.91 Å². The molecule has 6 heteroatoms. The van der Waals surface area contributed by atoms with Crippen LogP contribution in [0.15, 0.2) is 30.5 Å². The Morgan fingerprint density at radius 1 is 1.29 bits per heavy atom. The zero-order valence-corrected chi connectivity index (χ0v) is 14.3. The van der Waals surface area contributed by atoms with Crippen molar-refractivity contribution in [2.24, 2.45) is 7.05 Å². The number of carbonyl (C=O) groups excluding carboxylic acids is 1. The molecular weight excluding hydrogens is 304 g/mol. The average Bonchev–Trinajstić information content (AvgIpc) is 2.86.